The van der Waals surface area contributed by atoms with E-state index in [0.29, 0.717) is 13.1 Å². The highest BCUT2D eigenvalue weighted by Crippen LogP contribution is 2.33. The largest absolute Gasteiger partial charge is 0.453 e. The SMILES string of the molecule is COC(=O)NC(C(=O)N1CCCC1c1nc2ccc(CCc3ccc(CCC4=CN=C(C5CCCN5C(=O)C(NC(=O)CO)C(C)C)C4)cc3)cc2[nH]1)C(C)C. The summed E-state index contributed by atoms with van der Waals surface area (Å²) >= 11 is 0. The molecule has 3 aromatic rings. The Labute approximate surface area is 329 Å². The smallest absolute Gasteiger partial charge is 0.407 e. The number of ether oxygens (including phenoxy) is 1. The number of aliphatic imine (C=N–C) groups is 1. The first kappa shape index (κ1) is 40.6. The normalized spacial score (nSPS) is 19.4. The van der Waals surface area contributed by atoms with Crippen LogP contribution in [0.1, 0.15) is 94.8 Å². The monoisotopic (exact) mass is 767 g/mol. The molecule has 4 atom stereocenters. The van der Waals surface area contributed by atoms with Crippen molar-refractivity contribution in [1.29, 1.82) is 0 Å². The van der Waals surface area contributed by atoms with E-state index in [4.69, 9.17) is 14.7 Å². The Morgan fingerprint density at radius 2 is 1.39 bits per heavy atom. The lowest BCUT2D eigenvalue weighted by Crippen LogP contribution is -2.54. The van der Waals surface area contributed by atoms with Gasteiger partial charge in [-0.1, -0.05) is 58.0 Å². The molecule has 13 nitrogen and oxygen atoms in total. The highest BCUT2D eigenvalue weighted by Gasteiger charge is 2.39. The van der Waals surface area contributed by atoms with Crippen LogP contribution in [0.4, 0.5) is 4.79 Å². The van der Waals surface area contributed by atoms with Gasteiger partial charge < -0.3 is 35.3 Å². The fourth-order valence-corrected chi connectivity index (χ4v) is 8.19. The number of fused-ring (bicyclic) bond motifs is 1. The Morgan fingerprint density at radius 3 is 2.02 bits per heavy atom. The minimum Gasteiger partial charge on any atom is -0.453 e. The molecule has 6 rings (SSSR count). The molecule has 0 spiro atoms. The molecule has 0 bridgehead atoms. The molecule has 4 heterocycles. The van der Waals surface area contributed by atoms with Crippen LogP contribution in [0.25, 0.3) is 11.0 Å². The fourth-order valence-electron chi connectivity index (χ4n) is 8.19. The third kappa shape index (κ3) is 9.49. The Hall–Kier alpha value is -5.04. The number of carbonyl (C=O) groups excluding carboxylic acids is 4. The van der Waals surface area contributed by atoms with Crippen molar-refractivity contribution in [3.63, 3.8) is 0 Å². The van der Waals surface area contributed by atoms with Crippen LogP contribution >= 0.6 is 0 Å². The van der Waals surface area contributed by atoms with Crippen molar-refractivity contribution in [2.75, 3.05) is 26.8 Å². The number of likely N-dealkylation sites (tertiary alicyclic amines) is 2. The molecule has 0 aliphatic carbocycles. The molecule has 56 heavy (non-hydrogen) atoms. The number of aliphatic hydroxyl groups is 1. The number of nitrogens with zero attached hydrogens (tertiary/aromatic N) is 4. The lowest BCUT2D eigenvalue weighted by atomic mass is 9.97. The lowest BCUT2D eigenvalue weighted by molar-refractivity contribution is -0.138. The number of hydrogen-bond donors (Lipinski definition) is 4. The van der Waals surface area contributed by atoms with Crippen LogP contribution in [0.15, 0.2) is 59.2 Å². The number of amides is 4. The summed E-state index contributed by atoms with van der Waals surface area (Å²) in [6.45, 7) is 8.24. The number of imidazole rings is 1. The number of alkyl carbamates (subject to hydrolysis) is 1. The van der Waals surface area contributed by atoms with Crippen LogP contribution < -0.4 is 10.6 Å². The summed E-state index contributed by atoms with van der Waals surface area (Å²) < 4.78 is 4.76. The van der Waals surface area contributed by atoms with Crippen LogP contribution in [0.2, 0.25) is 0 Å². The molecule has 3 aliphatic heterocycles. The molecular formula is C43H57N7O6. The molecule has 0 radical (unpaired) electrons. The zero-order valence-corrected chi connectivity index (χ0v) is 33.3. The quantitative estimate of drug-likeness (QED) is 0.165. The molecule has 3 aliphatic rings. The maximum absolute atomic E-state index is 13.6. The highest BCUT2D eigenvalue weighted by molar-refractivity contribution is 5.98. The van der Waals surface area contributed by atoms with Crippen LogP contribution in [-0.2, 0) is 38.4 Å². The van der Waals surface area contributed by atoms with Crippen molar-refractivity contribution < 1.29 is 29.0 Å². The molecule has 13 heteroatoms. The minimum atomic E-state index is -0.672. The Bertz CT molecular complexity index is 1950. The van der Waals surface area contributed by atoms with Gasteiger partial charge in [0.15, 0.2) is 0 Å². The van der Waals surface area contributed by atoms with Crippen molar-refractivity contribution >= 4 is 40.6 Å². The Morgan fingerprint density at radius 1 is 0.821 bits per heavy atom. The van der Waals surface area contributed by atoms with Gasteiger partial charge >= 0.3 is 6.09 Å². The van der Waals surface area contributed by atoms with Crippen molar-refractivity contribution in [3.05, 3.63) is 76.8 Å². The number of H-pyrrole nitrogens is 1. The molecule has 2 aromatic carbocycles. The van der Waals surface area contributed by atoms with Gasteiger partial charge in [-0.25, -0.2) is 9.78 Å². The second-order valence-corrected chi connectivity index (χ2v) is 16.1. The third-order valence-electron chi connectivity index (χ3n) is 11.4. The summed E-state index contributed by atoms with van der Waals surface area (Å²) in [6, 6.07) is 13.6. The number of aliphatic hydroxyl groups excluding tert-OH is 1. The van der Waals surface area contributed by atoms with E-state index in [-0.39, 0.29) is 35.7 Å². The molecule has 2 saturated heterocycles. The van der Waals surface area contributed by atoms with Gasteiger partial charge in [-0.05, 0) is 97.6 Å². The van der Waals surface area contributed by atoms with Gasteiger partial charge in [0.2, 0.25) is 17.7 Å². The van der Waals surface area contributed by atoms with Gasteiger partial charge in [-0.3, -0.25) is 19.4 Å². The number of aromatic amines is 1. The molecule has 4 unspecified atom stereocenters. The van der Waals surface area contributed by atoms with E-state index >= 15 is 0 Å². The van der Waals surface area contributed by atoms with Gasteiger partial charge in [0.25, 0.3) is 0 Å². The molecule has 4 N–H and O–H groups in total. The number of methoxy groups -OCH3 is 1. The van der Waals surface area contributed by atoms with E-state index < -0.39 is 30.7 Å². The predicted octanol–water partition coefficient (Wildman–Crippen LogP) is 5.18. The fraction of sp³-hybridized carbons (Fsp3) is 0.535. The van der Waals surface area contributed by atoms with Gasteiger partial charge in [0, 0.05) is 31.4 Å². The standard InChI is InChI=1S/C43H57N7O6/c1-26(2)38(47-37(52)25-51)41(53)49-20-6-8-35(49)34-23-31(24-44-34)17-15-29-12-10-28(11-13-29)14-16-30-18-19-32-33(22-30)46-40(45-32)36-9-7-21-50(36)42(54)39(27(3)4)48-43(55)56-5/h10-13,18-19,22,24,26-27,35-36,38-39,51H,6-9,14-17,20-21,23,25H2,1-5H3,(H,45,46)(H,47,52)(H,48,55). The number of rotatable bonds is 15. The first-order valence-electron chi connectivity index (χ1n) is 20.1. The first-order chi connectivity index (χ1) is 26.9. The van der Waals surface area contributed by atoms with Gasteiger partial charge in [-0.2, -0.15) is 0 Å². The third-order valence-corrected chi connectivity index (χ3v) is 11.4. The molecule has 0 saturated carbocycles. The van der Waals surface area contributed by atoms with E-state index in [1.54, 1.807) is 0 Å². The Balaban J connectivity index is 0.986. The number of carbonyl (C=O) groups is 4. The van der Waals surface area contributed by atoms with E-state index in [9.17, 15) is 24.3 Å². The van der Waals surface area contributed by atoms with E-state index in [2.05, 4.69) is 52.0 Å². The van der Waals surface area contributed by atoms with Crippen molar-refractivity contribution in [3.8, 4) is 0 Å². The minimum absolute atomic E-state index is 0.0620. The second-order valence-electron chi connectivity index (χ2n) is 16.1. The number of allylic oxidation sites excluding steroid dienone is 1. The molecule has 2 fully saturated rings. The first-order valence-corrected chi connectivity index (χ1v) is 20.1. The van der Waals surface area contributed by atoms with Crippen molar-refractivity contribution in [1.82, 2.24) is 30.4 Å². The number of nitrogens with one attached hydrogen (secondary N) is 3. The summed E-state index contributed by atoms with van der Waals surface area (Å²) in [6.07, 6.45) is 9.14. The topological polar surface area (TPSA) is 169 Å². The lowest BCUT2D eigenvalue weighted by Gasteiger charge is -2.31. The average Bonchev–Trinajstić information content (AvgIpc) is 4.03. The molecule has 1 aromatic heterocycles. The summed E-state index contributed by atoms with van der Waals surface area (Å²) in [5, 5.41) is 14.6. The predicted molar refractivity (Wildman–Crippen MR) is 215 cm³/mol. The molecule has 300 valence electrons. The number of aryl methyl sites for hydroxylation is 3. The van der Waals surface area contributed by atoms with Gasteiger partial charge in [-0.15, -0.1) is 0 Å². The zero-order valence-electron chi connectivity index (χ0n) is 33.3. The van der Waals surface area contributed by atoms with E-state index in [0.717, 1.165) is 80.4 Å². The van der Waals surface area contributed by atoms with E-state index in [1.165, 1.54) is 29.4 Å². The number of hydrogen-bond acceptors (Lipinski definition) is 8. The Kier molecular flexibility index (Phi) is 13.3. The molecular weight excluding hydrogens is 711 g/mol. The second kappa shape index (κ2) is 18.3. The van der Waals surface area contributed by atoms with Crippen molar-refractivity contribution in [2.24, 2.45) is 16.8 Å². The summed E-state index contributed by atoms with van der Waals surface area (Å²) in [5.74, 6) is -0.180. The van der Waals surface area contributed by atoms with E-state index in [1.807, 2.05) is 49.8 Å². The van der Waals surface area contributed by atoms with Crippen LogP contribution in [0, 0.1) is 11.8 Å². The maximum Gasteiger partial charge on any atom is 0.407 e. The highest BCUT2D eigenvalue weighted by atomic mass is 16.5. The summed E-state index contributed by atoms with van der Waals surface area (Å²) in [7, 11) is 1.30. The van der Waals surface area contributed by atoms with Gasteiger partial charge in [0.05, 0.1) is 30.2 Å². The van der Waals surface area contributed by atoms with Crippen LogP contribution in [0.5, 0.6) is 0 Å². The molecule has 4 amide bonds. The van der Waals surface area contributed by atoms with Gasteiger partial charge in [0.1, 0.15) is 24.5 Å². The summed E-state index contributed by atoms with van der Waals surface area (Å²) in [4.78, 5) is 67.7. The average molecular weight is 768 g/mol. The summed E-state index contributed by atoms with van der Waals surface area (Å²) in [5.41, 5.74) is 7.84. The maximum atomic E-state index is 13.6. The number of benzene rings is 2. The van der Waals surface area contributed by atoms with Crippen LogP contribution in [0.3, 0.4) is 0 Å². The van der Waals surface area contributed by atoms with Crippen LogP contribution in [-0.4, -0.2) is 99.3 Å². The number of aromatic nitrogens is 2. The zero-order chi connectivity index (χ0) is 39.9. The van der Waals surface area contributed by atoms with Crippen molar-refractivity contribution in [2.45, 2.75) is 110 Å².